The molecule has 1 aliphatic heterocycles. The van der Waals surface area contributed by atoms with Gasteiger partial charge >= 0.3 is 0 Å². The number of aromatic nitrogens is 1. The molecule has 0 spiro atoms. The third kappa shape index (κ3) is 3.01. The second-order valence-electron chi connectivity index (χ2n) is 7.26. The summed E-state index contributed by atoms with van der Waals surface area (Å²) in [6.07, 6.45) is 0.326. The molecule has 0 radical (unpaired) electrons. The molecular formula is C26H20N2O. The zero-order valence-corrected chi connectivity index (χ0v) is 16.2. The molecule has 3 aromatic carbocycles. The van der Waals surface area contributed by atoms with Crippen molar-refractivity contribution in [2.75, 3.05) is 11.9 Å². The summed E-state index contributed by atoms with van der Waals surface area (Å²) in [4.78, 5) is 19.8. The van der Waals surface area contributed by atoms with Crippen molar-refractivity contribution in [1.82, 2.24) is 4.98 Å². The monoisotopic (exact) mass is 376 g/mol. The minimum atomic E-state index is 0.0719. The lowest BCUT2D eigenvalue weighted by Crippen LogP contribution is -2.26. The van der Waals surface area contributed by atoms with E-state index in [-0.39, 0.29) is 5.91 Å². The van der Waals surface area contributed by atoms with Crippen LogP contribution in [0.3, 0.4) is 0 Å². The lowest BCUT2D eigenvalue weighted by Gasteiger charge is -2.17. The average Bonchev–Trinajstić information content (AvgIpc) is 2.89. The SMILES string of the molecule is CN1C(=O)Cc2c(-c3ccccc3)cc(-c3ccccc3)nc2-c2ccccc21. The van der Waals surface area contributed by atoms with Crippen molar-refractivity contribution in [3.63, 3.8) is 0 Å². The number of fused-ring (bicyclic) bond motifs is 3. The van der Waals surface area contributed by atoms with Crippen LogP contribution in [0.15, 0.2) is 91.0 Å². The Labute approximate surface area is 170 Å². The number of anilines is 1. The molecule has 3 nitrogen and oxygen atoms in total. The molecule has 0 N–H and O–H groups in total. The normalized spacial score (nSPS) is 12.9. The highest BCUT2D eigenvalue weighted by atomic mass is 16.2. The molecule has 29 heavy (non-hydrogen) atoms. The molecule has 1 amide bonds. The minimum absolute atomic E-state index is 0.0719. The Bertz CT molecular complexity index is 1200. The first-order valence-corrected chi connectivity index (χ1v) is 9.73. The summed E-state index contributed by atoms with van der Waals surface area (Å²) in [7, 11) is 1.84. The van der Waals surface area contributed by atoms with Crippen molar-refractivity contribution >= 4 is 11.6 Å². The number of carbonyl (C=O) groups excluding carboxylic acids is 1. The van der Waals surface area contributed by atoms with Gasteiger partial charge in [0.05, 0.1) is 23.5 Å². The Kier molecular flexibility index (Phi) is 4.21. The van der Waals surface area contributed by atoms with E-state index in [1.165, 1.54) is 0 Å². The second kappa shape index (κ2) is 7.02. The van der Waals surface area contributed by atoms with Crippen molar-refractivity contribution < 1.29 is 4.79 Å². The molecule has 140 valence electrons. The van der Waals surface area contributed by atoms with Crippen molar-refractivity contribution in [3.05, 3.63) is 96.6 Å². The van der Waals surface area contributed by atoms with Gasteiger partial charge in [-0.25, -0.2) is 4.98 Å². The summed E-state index contributed by atoms with van der Waals surface area (Å²) in [5, 5.41) is 0. The predicted octanol–water partition coefficient (Wildman–Crippen LogP) is 5.60. The van der Waals surface area contributed by atoms with Crippen molar-refractivity contribution in [2.45, 2.75) is 6.42 Å². The Morgan fingerprint density at radius 1 is 0.759 bits per heavy atom. The molecule has 0 saturated heterocycles. The first-order valence-electron chi connectivity index (χ1n) is 9.73. The van der Waals surface area contributed by atoms with Gasteiger partial charge in [-0.15, -0.1) is 0 Å². The average molecular weight is 376 g/mol. The largest absolute Gasteiger partial charge is 0.315 e. The van der Waals surface area contributed by atoms with Gasteiger partial charge in [0.2, 0.25) is 5.91 Å². The number of hydrogen-bond donors (Lipinski definition) is 0. The van der Waals surface area contributed by atoms with Gasteiger partial charge in [0.1, 0.15) is 0 Å². The number of pyridine rings is 1. The van der Waals surface area contributed by atoms with Crippen LogP contribution in [0, 0.1) is 0 Å². The number of para-hydroxylation sites is 1. The highest BCUT2D eigenvalue weighted by molar-refractivity contribution is 6.03. The number of hydrogen-bond acceptors (Lipinski definition) is 2. The fraction of sp³-hybridized carbons (Fsp3) is 0.0769. The topological polar surface area (TPSA) is 33.2 Å². The van der Waals surface area contributed by atoms with Crippen LogP contribution >= 0.6 is 0 Å². The maximum absolute atomic E-state index is 13.0. The molecule has 5 rings (SSSR count). The van der Waals surface area contributed by atoms with Crippen LogP contribution in [0.1, 0.15) is 5.56 Å². The first kappa shape index (κ1) is 17.4. The zero-order chi connectivity index (χ0) is 19.8. The molecule has 1 aliphatic rings. The molecule has 0 bridgehead atoms. The van der Waals surface area contributed by atoms with E-state index >= 15 is 0 Å². The number of benzene rings is 3. The van der Waals surface area contributed by atoms with E-state index in [0.29, 0.717) is 6.42 Å². The number of amides is 1. The fourth-order valence-electron chi connectivity index (χ4n) is 3.98. The van der Waals surface area contributed by atoms with Crippen LogP contribution in [0.4, 0.5) is 5.69 Å². The standard InChI is InChI=1S/C26H20N2O/c1-28-24-15-9-8-14-20(24)26-22(17-25(28)29)21(18-10-4-2-5-11-18)16-23(27-26)19-12-6-3-7-13-19/h2-16H,17H2,1H3. The van der Waals surface area contributed by atoms with E-state index in [1.54, 1.807) is 4.90 Å². The highest BCUT2D eigenvalue weighted by Gasteiger charge is 2.27. The molecule has 0 saturated carbocycles. The molecule has 1 aromatic heterocycles. The number of carbonyl (C=O) groups is 1. The molecule has 2 heterocycles. The molecule has 0 unspecified atom stereocenters. The summed E-state index contributed by atoms with van der Waals surface area (Å²) in [5.74, 6) is 0.0719. The Balaban J connectivity index is 1.86. The summed E-state index contributed by atoms with van der Waals surface area (Å²) >= 11 is 0. The lowest BCUT2D eigenvalue weighted by molar-refractivity contribution is -0.117. The number of likely N-dealkylation sites (N-methyl/N-ethyl adjacent to an activating group) is 1. The summed E-state index contributed by atoms with van der Waals surface area (Å²) < 4.78 is 0. The van der Waals surface area contributed by atoms with E-state index < -0.39 is 0 Å². The smallest absolute Gasteiger partial charge is 0.231 e. The molecule has 0 atom stereocenters. The van der Waals surface area contributed by atoms with E-state index in [2.05, 4.69) is 36.4 Å². The first-order chi connectivity index (χ1) is 14.2. The van der Waals surface area contributed by atoms with Gasteiger partial charge in [-0.05, 0) is 28.8 Å². The number of rotatable bonds is 2. The van der Waals surface area contributed by atoms with Crippen LogP contribution in [-0.4, -0.2) is 17.9 Å². The molecule has 0 fully saturated rings. The lowest BCUT2D eigenvalue weighted by atomic mass is 9.92. The molecule has 3 heteroatoms. The quantitative estimate of drug-likeness (QED) is 0.456. The molecule has 0 aliphatic carbocycles. The van der Waals surface area contributed by atoms with E-state index in [0.717, 1.165) is 44.9 Å². The third-order valence-corrected chi connectivity index (χ3v) is 5.50. The van der Waals surface area contributed by atoms with Crippen LogP contribution in [0.25, 0.3) is 33.6 Å². The Morgan fingerprint density at radius 2 is 1.38 bits per heavy atom. The van der Waals surface area contributed by atoms with Crippen LogP contribution in [-0.2, 0) is 11.2 Å². The number of nitrogens with zero attached hydrogens (tertiary/aromatic N) is 2. The maximum atomic E-state index is 13.0. The maximum Gasteiger partial charge on any atom is 0.231 e. The second-order valence-corrected chi connectivity index (χ2v) is 7.26. The summed E-state index contributed by atoms with van der Waals surface area (Å²) in [6.45, 7) is 0. The van der Waals surface area contributed by atoms with E-state index in [9.17, 15) is 4.79 Å². The van der Waals surface area contributed by atoms with Crippen LogP contribution < -0.4 is 4.90 Å². The predicted molar refractivity (Wildman–Crippen MR) is 118 cm³/mol. The van der Waals surface area contributed by atoms with Gasteiger partial charge < -0.3 is 4.90 Å². The van der Waals surface area contributed by atoms with Gasteiger partial charge in [0.15, 0.2) is 0 Å². The van der Waals surface area contributed by atoms with Gasteiger partial charge in [-0.2, -0.15) is 0 Å². The van der Waals surface area contributed by atoms with Gasteiger partial charge in [-0.3, -0.25) is 4.79 Å². The van der Waals surface area contributed by atoms with E-state index in [1.807, 2.05) is 61.6 Å². The highest BCUT2D eigenvalue weighted by Crippen LogP contribution is 2.40. The van der Waals surface area contributed by atoms with E-state index in [4.69, 9.17) is 4.98 Å². The Morgan fingerprint density at radius 3 is 2.10 bits per heavy atom. The third-order valence-electron chi connectivity index (χ3n) is 5.50. The zero-order valence-electron chi connectivity index (χ0n) is 16.2. The minimum Gasteiger partial charge on any atom is -0.315 e. The Hall–Kier alpha value is -3.72. The van der Waals surface area contributed by atoms with Crippen LogP contribution in [0.2, 0.25) is 0 Å². The van der Waals surface area contributed by atoms with Crippen molar-refractivity contribution in [1.29, 1.82) is 0 Å². The van der Waals surface area contributed by atoms with Gasteiger partial charge in [-0.1, -0.05) is 78.9 Å². The fourth-order valence-corrected chi connectivity index (χ4v) is 3.98. The van der Waals surface area contributed by atoms with Gasteiger partial charge in [0, 0.05) is 18.2 Å². The van der Waals surface area contributed by atoms with Crippen LogP contribution in [0.5, 0.6) is 0 Å². The molecular weight excluding hydrogens is 356 g/mol. The summed E-state index contributed by atoms with van der Waals surface area (Å²) in [5.41, 5.74) is 7.89. The van der Waals surface area contributed by atoms with Crippen molar-refractivity contribution in [3.8, 4) is 33.6 Å². The van der Waals surface area contributed by atoms with Crippen molar-refractivity contribution in [2.24, 2.45) is 0 Å². The molecule has 4 aromatic rings. The van der Waals surface area contributed by atoms with Gasteiger partial charge in [0.25, 0.3) is 0 Å². The summed E-state index contributed by atoms with van der Waals surface area (Å²) in [6, 6.07) is 30.6.